The van der Waals surface area contributed by atoms with Crippen LogP contribution in [0.1, 0.15) is 27.2 Å². The van der Waals surface area contributed by atoms with Gasteiger partial charge in [0.15, 0.2) is 0 Å². The average molecular weight is 230 g/mol. The number of ether oxygens (including phenoxy) is 1. The van der Waals surface area contributed by atoms with Crippen LogP contribution in [0.4, 0.5) is 0 Å². The lowest BCUT2D eigenvalue weighted by Crippen LogP contribution is -2.49. The van der Waals surface area contributed by atoms with Crippen molar-refractivity contribution in [1.29, 1.82) is 0 Å². The highest BCUT2D eigenvalue weighted by Gasteiger charge is 2.21. The van der Waals surface area contributed by atoms with Crippen molar-refractivity contribution >= 4 is 0 Å². The van der Waals surface area contributed by atoms with Gasteiger partial charge in [0.25, 0.3) is 0 Å². The maximum atomic E-state index is 9.76. The SMILES string of the molecule is C=CCOCC(O)CC[N+](CC)(CC)CC. The molecule has 0 aliphatic rings. The summed E-state index contributed by atoms with van der Waals surface area (Å²) >= 11 is 0. The number of rotatable bonds is 10. The van der Waals surface area contributed by atoms with Crippen LogP contribution in [-0.2, 0) is 4.74 Å². The Morgan fingerprint density at radius 3 is 2.25 bits per heavy atom. The Morgan fingerprint density at radius 1 is 1.25 bits per heavy atom. The molecule has 96 valence electrons. The van der Waals surface area contributed by atoms with Crippen molar-refractivity contribution in [3.8, 4) is 0 Å². The molecule has 0 spiro atoms. The van der Waals surface area contributed by atoms with Crippen molar-refractivity contribution < 1.29 is 14.3 Å². The van der Waals surface area contributed by atoms with Gasteiger partial charge >= 0.3 is 0 Å². The van der Waals surface area contributed by atoms with Gasteiger partial charge in [-0.1, -0.05) is 6.08 Å². The lowest BCUT2D eigenvalue weighted by atomic mass is 10.2. The van der Waals surface area contributed by atoms with Gasteiger partial charge in [0.1, 0.15) is 0 Å². The highest BCUT2D eigenvalue weighted by atomic mass is 16.5. The second kappa shape index (κ2) is 8.74. The summed E-state index contributed by atoms with van der Waals surface area (Å²) in [6.45, 7) is 15.6. The molecular weight excluding hydrogens is 202 g/mol. The molecule has 3 nitrogen and oxygen atoms in total. The Hall–Kier alpha value is -0.380. The van der Waals surface area contributed by atoms with Gasteiger partial charge in [0, 0.05) is 6.42 Å². The van der Waals surface area contributed by atoms with Gasteiger partial charge in [-0.05, 0) is 20.8 Å². The van der Waals surface area contributed by atoms with Crippen LogP contribution in [0.3, 0.4) is 0 Å². The standard InChI is InChI=1S/C13H28NO2/c1-5-11-16-12-13(15)9-10-14(6-2,7-3)8-4/h5,13,15H,1,6-12H2,2-4H3/q+1. The Kier molecular flexibility index (Phi) is 8.53. The molecule has 0 heterocycles. The normalized spacial score (nSPS) is 13.8. The highest BCUT2D eigenvalue weighted by molar-refractivity contribution is 4.64. The van der Waals surface area contributed by atoms with E-state index >= 15 is 0 Å². The van der Waals surface area contributed by atoms with E-state index in [4.69, 9.17) is 4.74 Å². The van der Waals surface area contributed by atoms with Crippen LogP contribution in [-0.4, -0.2) is 55.1 Å². The number of aliphatic hydroxyl groups is 1. The monoisotopic (exact) mass is 230 g/mol. The number of hydrogen-bond donors (Lipinski definition) is 1. The summed E-state index contributed by atoms with van der Waals surface area (Å²) in [4.78, 5) is 0. The molecule has 0 bridgehead atoms. The summed E-state index contributed by atoms with van der Waals surface area (Å²) in [5.74, 6) is 0. The number of nitrogens with zero attached hydrogens (tertiary/aromatic N) is 1. The predicted octanol–water partition coefficient (Wildman–Crippen LogP) is 1.82. The largest absolute Gasteiger partial charge is 0.390 e. The van der Waals surface area contributed by atoms with Gasteiger partial charge in [-0.3, -0.25) is 0 Å². The first-order valence-electron chi connectivity index (χ1n) is 6.35. The van der Waals surface area contributed by atoms with Crippen LogP contribution in [0, 0.1) is 0 Å². The molecule has 1 N–H and O–H groups in total. The van der Waals surface area contributed by atoms with Crippen LogP contribution in [0.15, 0.2) is 12.7 Å². The zero-order valence-corrected chi connectivity index (χ0v) is 11.1. The van der Waals surface area contributed by atoms with Gasteiger partial charge < -0.3 is 14.3 Å². The fraction of sp³-hybridized carbons (Fsp3) is 0.846. The molecule has 0 aromatic heterocycles. The Labute approximate surface area is 100 Å². The van der Waals surface area contributed by atoms with Gasteiger partial charge in [0.2, 0.25) is 0 Å². The van der Waals surface area contributed by atoms with E-state index in [1.54, 1.807) is 6.08 Å². The summed E-state index contributed by atoms with van der Waals surface area (Å²) in [6, 6.07) is 0. The minimum Gasteiger partial charge on any atom is -0.390 e. The number of aliphatic hydroxyl groups excluding tert-OH is 1. The third-order valence-corrected chi connectivity index (χ3v) is 3.50. The van der Waals surface area contributed by atoms with Crippen LogP contribution < -0.4 is 0 Å². The molecule has 3 heteroatoms. The molecule has 1 atom stereocenters. The predicted molar refractivity (Wildman–Crippen MR) is 68.4 cm³/mol. The second-order valence-corrected chi connectivity index (χ2v) is 4.28. The summed E-state index contributed by atoms with van der Waals surface area (Å²) in [7, 11) is 0. The van der Waals surface area contributed by atoms with Crippen molar-refractivity contribution in [3.05, 3.63) is 12.7 Å². The lowest BCUT2D eigenvalue weighted by molar-refractivity contribution is -0.923. The maximum Gasteiger partial charge on any atom is 0.0827 e. The van der Waals surface area contributed by atoms with Crippen molar-refractivity contribution in [3.63, 3.8) is 0 Å². The molecule has 0 amide bonds. The third-order valence-electron chi connectivity index (χ3n) is 3.50. The molecule has 0 aliphatic carbocycles. The zero-order valence-electron chi connectivity index (χ0n) is 11.1. The van der Waals surface area contributed by atoms with Crippen LogP contribution in [0.2, 0.25) is 0 Å². The minimum absolute atomic E-state index is 0.345. The van der Waals surface area contributed by atoms with E-state index in [-0.39, 0.29) is 6.10 Å². The molecule has 0 fully saturated rings. The summed E-state index contributed by atoms with van der Waals surface area (Å²) in [6.07, 6.45) is 2.17. The lowest BCUT2D eigenvalue weighted by Gasteiger charge is -2.36. The summed E-state index contributed by atoms with van der Waals surface area (Å²) < 4.78 is 6.32. The number of quaternary nitrogens is 1. The van der Waals surface area contributed by atoms with E-state index in [1.165, 1.54) is 0 Å². The van der Waals surface area contributed by atoms with Crippen LogP contribution >= 0.6 is 0 Å². The molecule has 0 aromatic carbocycles. The Morgan fingerprint density at radius 2 is 1.81 bits per heavy atom. The van der Waals surface area contributed by atoms with Gasteiger partial charge in [0.05, 0.1) is 45.5 Å². The summed E-state index contributed by atoms with van der Waals surface area (Å²) in [5, 5.41) is 9.76. The third kappa shape index (κ3) is 5.64. The van der Waals surface area contributed by atoms with E-state index in [0.717, 1.165) is 37.1 Å². The van der Waals surface area contributed by atoms with Gasteiger partial charge in [-0.15, -0.1) is 6.58 Å². The van der Waals surface area contributed by atoms with E-state index < -0.39 is 0 Å². The van der Waals surface area contributed by atoms with E-state index in [2.05, 4.69) is 27.4 Å². The molecule has 0 saturated heterocycles. The fourth-order valence-electron chi connectivity index (χ4n) is 1.94. The van der Waals surface area contributed by atoms with Crippen LogP contribution in [0.5, 0.6) is 0 Å². The Bertz CT molecular complexity index is 171. The topological polar surface area (TPSA) is 29.5 Å². The van der Waals surface area contributed by atoms with Gasteiger partial charge in [-0.2, -0.15) is 0 Å². The van der Waals surface area contributed by atoms with Crippen molar-refractivity contribution in [1.82, 2.24) is 0 Å². The molecule has 0 aromatic rings. The minimum atomic E-state index is -0.345. The summed E-state index contributed by atoms with van der Waals surface area (Å²) in [5.41, 5.74) is 0. The molecule has 0 radical (unpaired) electrons. The first-order chi connectivity index (χ1) is 7.64. The highest BCUT2D eigenvalue weighted by Crippen LogP contribution is 2.09. The van der Waals surface area contributed by atoms with E-state index in [9.17, 15) is 5.11 Å². The molecule has 0 saturated carbocycles. The van der Waals surface area contributed by atoms with Crippen molar-refractivity contribution in [2.75, 3.05) is 39.4 Å². The molecule has 1 unspecified atom stereocenters. The molecule has 0 aliphatic heterocycles. The zero-order chi connectivity index (χ0) is 12.4. The van der Waals surface area contributed by atoms with E-state index in [0.29, 0.717) is 13.2 Å². The first-order valence-corrected chi connectivity index (χ1v) is 6.35. The smallest absolute Gasteiger partial charge is 0.0827 e. The van der Waals surface area contributed by atoms with Crippen molar-refractivity contribution in [2.45, 2.75) is 33.3 Å². The number of hydrogen-bond acceptors (Lipinski definition) is 2. The van der Waals surface area contributed by atoms with Crippen molar-refractivity contribution in [2.24, 2.45) is 0 Å². The fourth-order valence-corrected chi connectivity index (χ4v) is 1.94. The maximum absolute atomic E-state index is 9.76. The molecule has 0 rings (SSSR count). The average Bonchev–Trinajstić information content (AvgIpc) is 2.32. The second-order valence-electron chi connectivity index (χ2n) is 4.28. The quantitative estimate of drug-likeness (QED) is 0.352. The molecular formula is C13H28NO2+. The van der Waals surface area contributed by atoms with E-state index in [1.807, 2.05) is 0 Å². The van der Waals surface area contributed by atoms with Gasteiger partial charge in [-0.25, -0.2) is 0 Å². The van der Waals surface area contributed by atoms with Crippen LogP contribution in [0.25, 0.3) is 0 Å². The molecule has 16 heavy (non-hydrogen) atoms. The first kappa shape index (κ1) is 15.6. The Balaban J connectivity index is 3.86.